The summed E-state index contributed by atoms with van der Waals surface area (Å²) in [4.78, 5) is 12.5. The van der Waals surface area contributed by atoms with Gasteiger partial charge in [-0.25, -0.2) is 0 Å². The molecule has 2 atom stereocenters. The Hall–Kier alpha value is -2.95. The average molecular weight is 985 g/mol. The molecule has 0 aromatic heterocycles. The molecule has 0 aromatic carbocycles. The van der Waals surface area contributed by atoms with Gasteiger partial charge in [-0.1, -0.05) is 297 Å². The molecule has 0 aliphatic carbocycles. The second kappa shape index (κ2) is 61.4. The molecule has 0 aromatic rings. The van der Waals surface area contributed by atoms with E-state index < -0.39 is 12.1 Å². The summed E-state index contributed by atoms with van der Waals surface area (Å²) in [6.07, 6.45) is 92.7. The monoisotopic (exact) mass is 984 g/mol. The predicted octanol–water partition coefficient (Wildman–Crippen LogP) is 20.6. The van der Waals surface area contributed by atoms with Crippen molar-refractivity contribution in [1.29, 1.82) is 0 Å². The van der Waals surface area contributed by atoms with Crippen molar-refractivity contribution in [3.05, 3.63) is 109 Å². The van der Waals surface area contributed by atoms with Gasteiger partial charge >= 0.3 is 0 Å². The van der Waals surface area contributed by atoms with Crippen molar-refractivity contribution in [2.24, 2.45) is 0 Å². The molecular formula is C67H117NO3. The van der Waals surface area contributed by atoms with Gasteiger partial charge in [0.05, 0.1) is 18.8 Å². The van der Waals surface area contributed by atoms with Crippen molar-refractivity contribution in [3.8, 4) is 0 Å². The highest BCUT2D eigenvalue weighted by Gasteiger charge is 2.18. The fraction of sp³-hybridized carbons (Fsp3) is 0.716. The van der Waals surface area contributed by atoms with Crippen LogP contribution in [0.1, 0.15) is 290 Å². The van der Waals surface area contributed by atoms with E-state index in [0.29, 0.717) is 6.42 Å². The van der Waals surface area contributed by atoms with Crippen molar-refractivity contribution in [2.75, 3.05) is 6.61 Å². The third-order valence-corrected chi connectivity index (χ3v) is 13.5. The number of allylic oxidation sites excluding steroid dienone is 17. The molecule has 0 spiro atoms. The molecule has 0 radical (unpaired) electrons. The van der Waals surface area contributed by atoms with Crippen LogP contribution in [0.3, 0.4) is 0 Å². The molecule has 0 aliphatic heterocycles. The molecule has 0 rings (SSSR count). The average Bonchev–Trinajstić information content (AvgIpc) is 3.37. The van der Waals surface area contributed by atoms with Gasteiger partial charge in [-0.3, -0.25) is 4.79 Å². The Kier molecular flexibility index (Phi) is 58.8. The summed E-state index contributed by atoms with van der Waals surface area (Å²) in [6, 6.07) is -0.652. The number of carbonyl (C=O) groups is 1. The lowest BCUT2D eigenvalue weighted by molar-refractivity contribution is -0.123. The normalized spacial score (nSPS) is 13.6. The maximum Gasteiger partial charge on any atom is 0.220 e. The summed E-state index contributed by atoms with van der Waals surface area (Å²) in [5.41, 5.74) is 0. The molecule has 4 heteroatoms. The Morgan fingerprint density at radius 2 is 0.634 bits per heavy atom. The highest BCUT2D eigenvalue weighted by Crippen LogP contribution is 2.16. The van der Waals surface area contributed by atoms with Gasteiger partial charge < -0.3 is 15.5 Å². The second-order valence-corrected chi connectivity index (χ2v) is 20.4. The van der Waals surface area contributed by atoms with Crippen LogP contribution in [0.4, 0.5) is 0 Å². The van der Waals surface area contributed by atoms with Crippen LogP contribution in [0, 0.1) is 0 Å². The van der Waals surface area contributed by atoms with Crippen LogP contribution in [0.2, 0.25) is 0 Å². The molecule has 0 aliphatic rings. The molecule has 0 heterocycles. The lowest BCUT2D eigenvalue weighted by Gasteiger charge is -2.19. The van der Waals surface area contributed by atoms with Crippen molar-refractivity contribution < 1.29 is 15.0 Å². The Bertz CT molecular complexity index is 1350. The van der Waals surface area contributed by atoms with E-state index in [1.807, 2.05) is 6.08 Å². The molecule has 408 valence electrons. The SMILES string of the molecule is CC/C=C\C/C=C\C/C=C\C/C=C\C/C=C\C/C=C\CCCCCCCCCCCCCCCCCCC(=O)NC(CO)C(O)/C=C/CC/C=C/CC/C=C/CCCCCCCCCCCCCCCC. The number of hydrogen-bond donors (Lipinski definition) is 3. The molecule has 71 heavy (non-hydrogen) atoms. The number of aliphatic hydroxyl groups is 2. The van der Waals surface area contributed by atoms with Crippen LogP contribution in [0.25, 0.3) is 0 Å². The van der Waals surface area contributed by atoms with Gasteiger partial charge in [0.2, 0.25) is 5.91 Å². The van der Waals surface area contributed by atoms with E-state index in [1.165, 1.54) is 193 Å². The van der Waals surface area contributed by atoms with E-state index in [4.69, 9.17) is 0 Å². The van der Waals surface area contributed by atoms with Gasteiger partial charge in [-0.2, -0.15) is 0 Å². The third kappa shape index (κ3) is 57.8. The second-order valence-electron chi connectivity index (χ2n) is 20.4. The number of unbranched alkanes of at least 4 members (excludes halogenated alkanes) is 32. The Balaban J connectivity index is 3.56. The van der Waals surface area contributed by atoms with E-state index in [9.17, 15) is 15.0 Å². The minimum absolute atomic E-state index is 0.0788. The molecule has 4 nitrogen and oxygen atoms in total. The highest BCUT2D eigenvalue weighted by molar-refractivity contribution is 5.76. The minimum atomic E-state index is -0.877. The zero-order chi connectivity index (χ0) is 51.3. The van der Waals surface area contributed by atoms with Crippen molar-refractivity contribution >= 4 is 5.91 Å². The molecule has 2 unspecified atom stereocenters. The third-order valence-electron chi connectivity index (χ3n) is 13.5. The van der Waals surface area contributed by atoms with E-state index in [0.717, 1.165) is 77.0 Å². The summed E-state index contributed by atoms with van der Waals surface area (Å²) in [5.74, 6) is -0.0788. The van der Waals surface area contributed by atoms with Gasteiger partial charge in [0.1, 0.15) is 0 Å². The zero-order valence-corrected chi connectivity index (χ0v) is 47.0. The summed E-state index contributed by atoms with van der Waals surface area (Å²) in [5, 5.41) is 23.2. The quantitative estimate of drug-likeness (QED) is 0.0420. The van der Waals surface area contributed by atoms with Gasteiger partial charge in [0.25, 0.3) is 0 Å². The van der Waals surface area contributed by atoms with Crippen molar-refractivity contribution in [3.63, 3.8) is 0 Å². The Morgan fingerprint density at radius 1 is 0.352 bits per heavy atom. The summed E-state index contributed by atoms with van der Waals surface area (Å²) in [6.45, 7) is 4.19. The molecule has 1 amide bonds. The molecule has 0 fully saturated rings. The van der Waals surface area contributed by atoms with Crippen LogP contribution < -0.4 is 5.32 Å². The fourth-order valence-electron chi connectivity index (χ4n) is 8.86. The molecule has 0 bridgehead atoms. The number of hydrogen-bond acceptors (Lipinski definition) is 3. The van der Waals surface area contributed by atoms with Crippen molar-refractivity contribution in [2.45, 2.75) is 302 Å². The summed E-state index contributed by atoms with van der Waals surface area (Å²) >= 11 is 0. The zero-order valence-electron chi connectivity index (χ0n) is 47.0. The first kappa shape index (κ1) is 68.0. The highest BCUT2D eigenvalue weighted by atomic mass is 16.3. The largest absolute Gasteiger partial charge is 0.394 e. The van der Waals surface area contributed by atoms with E-state index in [1.54, 1.807) is 6.08 Å². The molecule has 3 N–H and O–H groups in total. The van der Waals surface area contributed by atoms with E-state index in [-0.39, 0.29) is 12.5 Å². The first-order valence-corrected chi connectivity index (χ1v) is 30.6. The van der Waals surface area contributed by atoms with Gasteiger partial charge in [-0.05, 0) is 96.3 Å². The predicted molar refractivity (Wildman–Crippen MR) is 317 cm³/mol. The van der Waals surface area contributed by atoms with Crippen LogP contribution in [0.15, 0.2) is 109 Å². The fourth-order valence-corrected chi connectivity index (χ4v) is 8.86. The first-order valence-electron chi connectivity index (χ1n) is 30.6. The molecule has 0 saturated carbocycles. The van der Waals surface area contributed by atoms with E-state index >= 15 is 0 Å². The number of carbonyl (C=O) groups excluding carboxylic acids is 1. The van der Waals surface area contributed by atoms with Gasteiger partial charge in [0, 0.05) is 6.42 Å². The summed E-state index contributed by atoms with van der Waals surface area (Å²) in [7, 11) is 0. The number of nitrogens with one attached hydrogen (secondary N) is 1. The molecule has 0 saturated heterocycles. The van der Waals surface area contributed by atoms with Crippen LogP contribution in [-0.4, -0.2) is 34.9 Å². The van der Waals surface area contributed by atoms with Crippen LogP contribution in [-0.2, 0) is 4.79 Å². The Morgan fingerprint density at radius 3 is 0.986 bits per heavy atom. The lowest BCUT2D eigenvalue weighted by atomic mass is 10.0. The van der Waals surface area contributed by atoms with Crippen molar-refractivity contribution in [1.82, 2.24) is 5.32 Å². The van der Waals surface area contributed by atoms with E-state index in [2.05, 4.69) is 116 Å². The number of amides is 1. The molecular weight excluding hydrogens is 867 g/mol. The van der Waals surface area contributed by atoms with Gasteiger partial charge in [0.15, 0.2) is 0 Å². The Labute approximate surface area is 442 Å². The first-order chi connectivity index (χ1) is 35.2. The van der Waals surface area contributed by atoms with Gasteiger partial charge in [-0.15, -0.1) is 0 Å². The summed E-state index contributed by atoms with van der Waals surface area (Å²) < 4.78 is 0. The van der Waals surface area contributed by atoms with Crippen LogP contribution >= 0.6 is 0 Å². The number of rotatable bonds is 55. The standard InChI is InChI=1S/C67H117NO3/c1-3-5-7-9-11-13-15-17-19-21-23-25-27-29-30-31-32-33-34-35-36-37-38-39-41-43-45-47-49-51-53-55-57-59-61-63-67(71)68-65(64-69)66(70)62-60-58-56-54-52-50-48-46-44-42-40-28-26-24-22-20-18-16-14-12-10-8-6-4-2/h5,7,11,13,17,19,23,25,29-30,32-33,44,46,52,54,60,62,65-66,69-70H,3-4,6,8-10,12,14-16,18,20-22,24,26-28,31,34-43,45,47-51,53,55-59,61,63-64H2,1-2H3,(H,68,71)/b7-5-,13-11-,19-17-,25-23-,30-29-,33-32-,46-44+,54-52+,62-60+. The maximum absolute atomic E-state index is 12.5. The minimum Gasteiger partial charge on any atom is -0.394 e. The van der Waals surface area contributed by atoms with Crippen LogP contribution in [0.5, 0.6) is 0 Å². The number of aliphatic hydroxyl groups excluding tert-OH is 2. The smallest absolute Gasteiger partial charge is 0.220 e. The lowest BCUT2D eigenvalue weighted by Crippen LogP contribution is -2.45. The topological polar surface area (TPSA) is 69.6 Å². The maximum atomic E-state index is 12.5.